The molecule has 0 spiro atoms. The zero-order valence-corrected chi connectivity index (χ0v) is 30.1. The second-order valence-electron chi connectivity index (χ2n) is 13.4. The average molecular weight is 694 g/mol. The van der Waals surface area contributed by atoms with E-state index in [4.69, 9.17) is 15.0 Å². The van der Waals surface area contributed by atoms with Crippen molar-refractivity contribution >= 4 is 5.57 Å². The summed E-state index contributed by atoms with van der Waals surface area (Å²) in [6, 6.07) is 55.0. The minimum Gasteiger partial charge on any atom is -0.208 e. The van der Waals surface area contributed by atoms with Crippen molar-refractivity contribution in [2.75, 3.05) is 0 Å². The summed E-state index contributed by atoms with van der Waals surface area (Å²) < 4.78 is 0. The zero-order chi connectivity index (χ0) is 36.7. The lowest BCUT2D eigenvalue weighted by atomic mass is 9.95. The summed E-state index contributed by atoms with van der Waals surface area (Å²) in [6.45, 7) is 8.65. The highest BCUT2D eigenvalue weighted by molar-refractivity contribution is 5.83. The second kappa shape index (κ2) is 15.7. The van der Waals surface area contributed by atoms with Gasteiger partial charge in [0.1, 0.15) is 0 Å². The first kappa shape index (κ1) is 34.1. The molecule has 0 bridgehead atoms. The van der Waals surface area contributed by atoms with Crippen LogP contribution in [0.4, 0.5) is 0 Å². The number of rotatable bonds is 10. The Balaban J connectivity index is 1.36. The van der Waals surface area contributed by atoms with E-state index < -0.39 is 0 Å². The van der Waals surface area contributed by atoms with Gasteiger partial charge < -0.3 is 0 Å². The number of nitrogens with zero attached hydrogens (tertiary/aromatic N) is 3. The number of hydrogen-bond acceptors (Lipinski definition) is 3. The molecule has 7 aromatic rings. The minimum absolute atomic E-state index is 0.538. The van der Waals surface area contributed by atoms with Gasteiger partial charge in [-0.05, 0) is 111 Å². The smallest absolute Gasteiger partial charge is 0.164 e. The first-order valence-electron chi connectivity index (χ1n) is 18.3. The molecular weight excluding hydrogens is 655 g/mol. The highest BCUT2D eigenvalue weighted by atomic mass is 15.0. The van der Waals surface area contributed by atoms with Crippen LogP contribution in [0.1, 0.15) is 18.7 Å². The summed E-state index contributed by atoms with van der Waals surface area (Å²) in [7, 11) is 0. The molecule has 3 nitrogen and oxygen atoms in total. The van der Waals surface area contributed by atoms with Gasteiger partial charge in [0.15, 0.2) is 17.5 Å². The van der Waals surface area contributed by atoms with Gasteiger partial charge in [-0.2, -0.15) is 0 Å². The van der Waals surface area contributed by atoms with Crippen molar-refractivity contribution in [3.63, 3.8) is 0 Å². The topological polar surface area (TPSA) is 38.7 Å². The van der Waals surface area contributed by atoms with Gasteiger partial charge in [-0.15, -0.1) is 0 Å². The van der Waals surface area contributed by atoms with Crippen LogP contribution < -0.4 is 0 Å². The molecule has 0 amide bonds. The van der Waals surface area contributed by atoms with Gasteiger partial charge in [0.2, 0.25) is 0 Å². The third-order valence-corrected chi connectivity index (χ3v) is 9.68. The molecular formula is C51H39N3. The summed E-state index contributed by atoms with van der Waals surface area (Å²) in [4.78, 5) is 15.7. The van der Waals surface area contributed by atoms with Gasteiger partial charge in [-0.25, -0.2) is 15.0 Å². The first-order chi connectivity index (χ1) is 26.6. The Labute approximate surface area is 317 Å². The molecule has 0 saturated heterocycles. The molecule has 8 rings (SSSR count). The highest BCUT2D eigenvalue weighted by Gasteiger charge is 2.17. The van der Waals surface area contributed by atoms with Crippen LogP contribution in [0, 0.1) is 0 Å². The molecule has 0 aliphatic heterocycles. The third kappa shape index (κ3) is 7.62. The Bertz CT molecular complexity index is 2290. The average Bonchev–Trinajstić information content (AvgIpc) is 3.26. The molecule has 1 heterocycles. The molecule has 54 heavy (non-hydrogen) atoms. The number of aromatic nitrogens is 3. The quantitative estimate of drug-likeness (QED) is 0.134. The minimum atomic E-state index is 0.538. The fourth-order valence-electron chi connectivity index (χ4n) is 6.83. The molecule has 0 atom stereocenters. The maximum absolute atomic E-state index is 5.27. The fourth-order valence-corrected chi connectivity index (χ4v) is 6.83. The maximum atomic E-state index is 5.27. The number of allylic oxidation sites excluding steroid dienone is 8. The molecule has 258 valence electrons. The van der Waals surface area contributed by atoms with Crippen LogP contribution in [0.3, 0.4) is 0 Å². The van der Waals surface area contributed by atoms with Crippen LogP contribution in [0.25, 0.3) is 72.9 Å². The first-order valence-corrected chi connectivity index (χ1v) is 18.3. The summed E-state index contributed by atoms with van der Waals surface area (Å²) in [5, 5.41) is 0. The van der Waals surface area contributed by atoms with Crippen molar-refractivity contribution in [1.82, 2.24) is 15.0 Å². The van der Waals surface area contributed by atoms with E-state index in [2.05, 4.69) is 165 Å². The summed E-state index contributed by atoms with van der Waals surface area (Å²) >= 11 is 0. The van der Waals surface area contributed by atoms with Crippen LogP contribution >= 0.6 is 0 Å². The van der Waals surface area contributed by atoms with Crippen LogP contribution in [-0.2, 0) is 0 Å². The lowest BCUT2D eigenvalue weighted by molar-refractivity contribution is 0.979. The zero-order valence-electron chi connectivity index (χ0n) is 30.1. The molecule has 0 radical (unpaired) electrons. The molecule has 0 N–H and O–H groups in total. The lowest BCUT2D eigenvalue weighted by Gasteiger charge is -2.15. The fraction of sp³-hybridized carbons (Fsp3) is 0.0392. The van der Waals surface area contributed by atoms with Gasteiger partial charge in [0.25, 0.3) is 0 Å². The lowest BCUT2D eigenvalue weighted by Crippen LogP contribution is -2.03. The van der Waals surface area contributed by atoms with Crippen LogP contribution in [0.2, 0.25) is 0 Å². The summed E-state index contributed by atoms with van der Waals surface area (Å²) in [5.74, 6) is 1.69. The van der Waals surface area contributed by atoms with E-state index in [0.717, 1.165) is 79.6 Å². The van der Waals surface area contributed by atoms with Crippen LogP contribution in [-0.4, -0.2) is 15.0 Å². The van der Waals surface area contributed by atoms with Crippen molar-refractivity contribution in [3.05, 3.63) is 218 Å². The molecule has 6 aromatic carbocycles. The molecule has 0 saturated carbocycles. The van der Waals surface area contributed by atoms with Crippen LogP contribution in [0.5, 0.6) is 0 Å². The molecule has 0 unspecified atom stereocenters. The van der Waals surface area contributed by atoms with E-state index in [-0.39, 0.29) is 0 Å². The highest BCUT2D eigenvalue weighted by Crippen LogP contribution is 2.36. The predicted octanol–water partition coefficient (Wildman–Crippen LogP) is 13.3. The van der Waals surface area contributed by atoms with E-state index >= 15 is 0 Å². The van der Waals surface area contributed by atoms with Crippen molar-refractivity contribution in [2.45, 2.75) is 12.8 Å². The van der Waals surface area contributed by atoms with Crippen molar-refractivity contribution in [3.8, 4) is 67.3 Å². The van der Waals surface area contributed by atoms with Crippen molar-refractivity contribution < 1.29 is 0 Å². The van der Waals surface area contributed by atoms with Crippen molar-refractivity contribution in [2.24, 2.45) is 0 Å². The molecule has 1 aliphatic rings. The van der Waals surface area contributed by atoms with E-state index in [1.54, 1.807) is 0 Å². The number of hydrogen-bond donors (Lipinski definition) is 0. The predicted molar refractivity (Wildman–Crippen MR) is 226 cm³/mol. The van der Waals surface area contributed by atoms with Gasteiger partial charge in [0.05, 0.1) is 0 Å². The van der Waals surface area contributed by atoms with E-state index in [1.807, 2.05) is 36.4 Å². The van der Waals surface area contributed by atoms with Gasteiger partial charge in [0, 0.05) is 16.7 Å². The van der Waals surface area contributed by atoms with Gasteiger partial charge in [-0.1, -0.05) is 159 Å². The Hall–Kier alpha value is -6.97. The largest absolute Gasteiger partial charge is 0.208 e. The van der Waals surface area contributed by atoms with Crippen molar-refractivity contribution in [1.29, 1.82) is 0 Å². The molecule has 1 aliphatic carbocycles. The maximum Gasteiger partial charge on any atom is 0.164 e. The van der Waals surface area contributed by atoms with Crippen LogP contribution in [0.15, 0.2) is 212 Å². The van der Waals surface area contributed by atoms with E-state index in [0.29, 0.717) is 17.5 Å². The summed E-state index contributed by atoms with van der Waals surface area (Å²) in [6.07, 6.45) is 12.2. The molecule has 0 fully saturated rings. The number of benzene rings is 6. The SMILES string of the molecule is C=C/C(=C\C(=C)C1=CC=CCC1)c1nc(-c2cc(-c3ccccc3)cc(-c3ccccc3)c2)nc(-c2cc(-c3ccccc3)cc(-c3ccccc3)c2)n1. The standard InChI is InChI=1S/C51H39N3/c1-3-37(29-36(2)38-19-9-4-10-20-38)49-52-50(47-32-43(39-21-11-5-12-22-39)30-44(33-47)40-23-13-6-14-24-40)54-51(53-49)48-34-45(41-25-15-7-16-26-41)31-46(35-48)42-27-17-8-18-28-42/h3-9,11-19,21-35H,1-2,10,20H2/b37-29+. The van der Waals surface area contributed by atoms with Gasteiger partial charge in [-0.3, -0.25) is 0 Å². The monoisotopic (exact) mass is 693 g/mol. The Kier molecular flexibility index (Phi) is 9.94. The van der Waals surface area contributed by atoms with Gasteiger partial charge >= 0.3 is 0 Å². The Morgan fingerprint density at radius 3 is 1.22 bits per heavy atom. The molecule has 3 heteroatoms. The third-order valence-electron chi connectivity index (χ3n) is 9.68. The normalized spacial score (nSPS) is 12.6. The summed E-state index contributed by atoms with van der Waals surface area (Å²) in [5.41, 5.74) is 13.5. The van der Waals surface area contributed by atoms with E-state index in [1.165, 1.54) is 5.57 Å². The molecule has 1 aromatic heterocycles. The Morgan fingerprint density at radius 1 is 0.481 bits per heavy atom. The Morgan fingerprint density at radius 2 is 0.870 bits per heavy atom. The van der Waals surface area contributed by atoms with E-state index in [9.17, 15) is 0 Å². The second-order valence-corrected chi connectivity index (χ2v) is 13.4.